The average molecular weight is 424 g/mol. The Morgan fingerprint density at radius 2 is 1.88 bits per heavy atom. The van der Waals surface area contributed by atoms with Crippen molar-refractivity contribution in [3.05, 3.63) is 94.6 Å². The molecule has 1 unspecified atom stereocenters. The van der Waals surface area contributed by atoms with E-state index in [2.05, 4.69) is 11.4 Å². The molecule has 0 saturated carbocycles. The normalized spacial score (nSPS) is 16.3. The van der Waals surface area contributed by atoms with Crippen LogP contribution in [0.4, 0.5) is 10.5 Å². The summed E-state index contributed by atoms with van der Waals surface area (Å²) in [6.07, 6.45) is 6.27. The van der Waals surface area contributed by atoms with Gasteiger partial charge >= 0.3 is 12.0 Å². The van der Waals surface area contributed by atoms with Gasteiger partial charge in [0.2, 0.25) is 0 Å². The van der Waals surface area contributed by atoms with Gasteiger partial charge in [0, 0.05) is 17.2 Å². The number of methoxy groups -OCH3 is 1. The highest BCUT2D eigenvalue weighted by molar-refractivity contribution is 6.13. The molecule has 0 saturated heterocycles. The largest absolute Gasteiger partial charge is 0.465 e. The van der Waals surface area contributed by atoms with Crippen molar-refractivity contribution in [2.75, 3.05) is 12.4 Å². The monoisotopic (exact) mass is 424 g/mol. The number of carbonyl (C=O) groups excluding carboxylic acids is 3. The van der Waals surface area contributed by atoms with Crippen LogP contribution in [0, 0.1) is 0 Å². The van der Waals surface area contributed by atoms with Crippen molar-refractivity contribution in [1.82, 2.24) is 0 Å². The van der Waals surface area contributed by atoms with E-state index in [0.29, 0.717) is 23.2 Å². The number of urea groups is 1. The van der Waals surface area contributed by atoms with Gasteiger partial charge in [0.1, 0.15) is 0 Å². The van der Waals surface area contributed by atoms with E-state index in [1.54, 1.807) is 24.3 Å². The number of carbonyl (C=O) groups is 3. The van der Waals surface area contributed by atoms with Gasteiger partial charge in [-0.2, -0.15) is 0 Å². The molecule has 0 bridgehead atoms. The summed E-state index contributed by atoms with van der Waals surface area (Å²) < 4.78 is 5.08. The second kappa shape index (κ2) is 7.50. The zero-order valence-electron chi connectivity index (χ0n) is 17.3. The lowest BCUT2D eigenvalue weighted by molar-refractivity contribution is 0.0599. The Labute approximate surface area is 184 Å². The molecule has 0 heterocycles. The number of hydrogen-bond donors (Lipinski definition) is 2. The van der Waals surface area contributed by atoms with Gasteiger partial charge in [-0.15, -0.1) is 0 Å². The summed E-state index contributed by atoms with van der Waals surface area (Å²) in [4.78, 5) is 36.4. The van der Waals surface area contributed by atoms with Gasteiger partial charge in [-0.1, -0.05) is 36.4 Å². The third-order valence-electron chi connectivity index (χ3n) is 6.07. The molecule has 0 aromatic heterocycles. The Morgan fingerprint density at radius 3 is 2.66 bits per heavy atom. The lowest BCUT2D eigenvalue weighted by atomic mass is 9.74. The lowest BCUT2D eigenvalue weighted by Gasteiger charge is -2.29. The molecule has 1 atom stereocenters. The molecule has 2 aliphatic rings. The number of allylic oxidation sites excluding steroid dienone is 4. The summed E-state index contributed by atoms with van der Waals surface area (Å²) >= 11 is 0. The molecule has 2 aliphatic carbocycles. The molecule has 3 N–H and O–H groups in total. The van der Waals surface area contributed by atoms with E-state index in [1.165, 1.54) is 7.11 Å². The molecule has 2 amide bonds. The number of amides is 2. The summed E-state index contributed by atoms with van der Waals surface area (Å²) in [6, 6.07) is 14.3. The minimum absolute atomic E-state index is 0.0131. The van der Waals surface area contributed by atoms with Crippen LogP contribution in [-0.2, 0) is 4.74 Å². The summed E-state index contributed by atoms with van der Waals surface area (Å²) in [5, 5.41) is 4.25. The molecular weight excluding hydrogens is 404 g/mol. The summed E-state index contributed by atoms with van der Waals surface area (Å²) in [6.45, 7) is 0. The van der Waals surface area contributed by atoms with Crippen molar-refractivity contribution in [2.24, 2.45) is 5.73 Å². The quantitative estimate of drug-likeness (QED) is 0.591. The third kappa shape index (κ3) is 3.17. The maximum atomic E-state index is 12.8. The van der Waals surface area contributed by atoms with Crippen LogP contribution >= 0.6 is 0 Å². The van der Waals surface area contributed by atoms with Crippen molar-refractivity contribution in [1.29, 1.82) is 0 Å². The van der Waals surface area contributed by atoms with Crippen LogP contribution in [0.25, 0.3) is 16.3 Å². The number of nitrogens with two attached hydrogens (primary N) is 1. The molecule has 6 heteroatoms. The number of ether oxygens (including phenoxy) is 1. The van der Waals surface area contributed by atoms with E-state index in [4.69, 9.17) is 10.5 Å². The number of rotatable bonds is 3. The van der Waals surface area contributed by atoms with Crippen LogP contribution in [0.2, 0.25) is 0 Å². The number of benzene rings is 3. The summed E-state index contributed by atoms with van der Waals surface area (Å²) in [5.74, 6) is -0.554. The Bertz CT molecular complexity index is 1380. The molecule has 158 valence electrons. The van der Waals surface area contributed by atoms with E-state index < -0.39 is 12.0 Å². The van der Waals surface area contributed by atoms with Gasteiger partial charge in [-0.3, -0.25) is 4.79 Å². The fraction of sp³-hybridized carbons (Fsp3) is 0.115. The molecule has 0 fully saturated rings. The van der Waals surface area contributed by atoms with E-state index >= 15 is 0 Å². The molecule has 32 heavy (non-hydrogen) atoms. The van der Waals surface area contributed by atoms with Crippen LogP contribution in [0.3, 0.4) is 0 Å². The predicted octanol–water partition coefficient (Wildman–Crippen LogP) is 4.79. The average Bonchev–Trinajstić information content (AvgIpc) is 2.79. The van der Waals surface area contributed by atoms with Gasteiger partial charge < -0.3 is 15.8 Å². The number of nitrogens with one attached hydrogen (secondary N) is 1. The van der Waals surface area contributed by atoms with Crippen LogP contribution in [0.5, 0.6) is 0 Å². The maximum Gasteiger partial charge on any atom is 0.338 e. The van der Waals surface area contributed by atoms with Gasteiger partial charge in [0.15, 0.2) is 5.78 Å². The SMILES string of the molecule is COC(=O)c1cc2cc(NC(N)=O)ccc2cc1C1CC=C2C=CC(=O)c3cccc1c32. The first-order valence-electron chi connectivity index (χ1n) is 10.2. The molecule has 6 nitrogen and oxygen atoms in total. The minimum atomic E-state index is -0.656. The maximum absolute atomic E-state index is 12.8. The van der Waals surface area contributed by atoms with Crippen LogP contribution < -0.4 is 11.1 Å². The first-order valence-corrected chi connectivity index (χ1v) is 10.2. The number of esters is 1. The van der Waals surface area contributed by atoms with Crippen molar-refractivity contribution in [3.8, 4) is 0 Å². The highest BCUT2D eigenvalue weighted by Gasteiger charge is 2.30. The molecule has 0 spiro atoms. The van der Waals surface area contributed by atoms with E-state index in [9.17, 15) is 14.4 Å². The Kier molecular flexibility index (Phi) is 4.63. The second-order valence-electron chi connectivity index (χ2n) is 7.90. The minimum Gasteiger partial charge on any atom is -0.465 e. The van der Waals surface area contributed by atoms with Crippen LogP contribution in [0.1, 0.15) is 49.7 Å². The Morgan fingerprint density at radius 1 is 1.03 bits per heavy atom. The van der Waals surface area contributed by atoms with Gasteiger partial charge in [-0.25, -0.2) is 9.59 Å². The third-order valence-corrected chi connectivity index (χ3v) is 6.07. The summed E-state index contributed by atoms with van der Waals surface area (Å²) in [7, 11) is 1.36. The number of ketones is 1. The van der Waals surface area contributed by atoms with Crippen molar-refractivity contribution in [2.45, 2.75) is 12.3 Å². The molecule has 5 rings (SSSR count). The first kappa shape index (κ1) is 19.8. The lowest BCUT2D eigenvalue weighted by Crippen LogP contribution is -2.19. The van der Waals surface area contributed by atoms with E-state index in [0.717, 1.165) is 33.0 Å². The Hall–Kier alpha value is -4.19. The number of fused-ring (bicyclic) bond motifs is 1. The molecular formula is C26H20N2O4. The van der Waals surface area contributed by atoms with E-state index in [1.807, 2.05) is 36.4 Å². The molecule has 0 aliphatic heterocycles. The number of anilines is 1. The fourth-order valence-electron chi connectivity index (χ4n) is 4.67. The van der Waals surface area contributed by atoms with Gasteiger partial charge in [-0.05, 0) is 69.8 Å². The van der Waals surface area contributed by atoms with Gasteiger partial charge in [0.25, 0.3) is 0 Å². The smallest absolute Gasteiger partial charge is 0.338 e. The van der Waals surface area contributed by atoms with Crippen molar-refractivity contribution < 1.29 is 19.1 Å². The van der Waals surface area contributed by atoms with Crippen LogP contribution in [-0.4, -0.2) is 24.9 Å². The molecule has 3 aromatic rings. The highest BCUT2D eigenvalue weighted by Crippen LogP contribution is 2.44. The van der Waals surface area contributed by atoms with Crippen molar-refractivity contribution >= 4 is 39.8 Å². The van der Waals surface area contributed by atoms with E-state index in [-0.39, 0.29) is 11.7 Å². The van der Waals surface area contributed by atoms with Crippen LogP contribution in [0.15, 0.2) is 66.8 Å². The molecule has 0 radical (unpaired) electrons. The summed E-state index contributed by atoms with van der Waals surface area (Å²) in [5.41, 5.74) is 10.7. The zero-order valence-corrected chi connectivity index (χ0v) is 17.3. The topological polar surface area (TPSA) is 98.5 Å². The molecule has 3 aromatic carbocycles. The predicted molar refractivity (Wildman–Crippen MR) is 123 cm³/mol. The van der Waals surface area contributed by atoms with Crippen molar-refractivity contribution in [3.63, 3.8) is 0 Å². The first-order chi connectivity index (χ1) is 15.5. The number of primary amides is 1. The standard InChI is InChI=1S/C26H20N2O4/c1-32-25(30)22-13-16-11-17(28-26(27)31)8-5-15(16)12-21(22)18-9-6-14-7-10-23(29)20-4-2-3-19(18)24(14)20/h2-8,10-13,18H,9H2,1H3,(H3,27,28,31). The highest BCUT2D eigenvalue weighted by atomic mass is 16.5. The zero-order chi connectivity index (χ0) is 22.4. The second-order valence-corrected chi connectivity index (χ2v) is 7.90. The number of hydrogen-bond acceptors (Lipinski definition) is 4. The van der Waals surface area contributed by atoms with Gasteiger partial charge in [0.05, 0.1) is 12.7 Å². The fourth-order valence-corrected chi connectivity index (χ4v) is 4.67. The Balaban J connectivity index is 1.70.